The van der Waals surface area contributed by atoms with E-state index in [2.05, 4.69) is 89.7 Å². The van der Waals surface area contributed by atoms with Crippen molar-refractivity contribution in [2.75, 3.05) is 57.9 Å². The van der Waals surface area contributed by atoms with E-state index >= 15 is 0 Å². The van der Waals surface area contributed by atoms with Crippen LogP contribution in [-0.4, -0.2) is 279 Å². The summed E-state index contributed by atoms with van der Waals surface area (Å²) in [5.74, 6) is -16.5. The standard InChI is InChI=1S/C89H157N25O20S/c1-54(2)46-67(109-77(124)61(29-20-23-40-91)103-76(123)60(28-19-22-39-90)102-72(119)33-18-16-14-12-10-8-7-9-11-13-15-17-25-44-115)82(129)105-64(32-27-43-100-89(96)97)80(127)113-71(52-116)86(133)107-65(38-45-135-6)81(128)114-74(56(5)117)87(134)112-70(50-73(120)121)85(132)104-62(30-21-24-41-92)78(125)111-69(48-57-34-36-59(118)37-35-57)84(131)106-63(31-26-42-99-88(94)95)79(126)110-68(47-55(3)4)83(130)108-66(75(93)122)49-58-51-98-53-101-58/h34-37,51,53-56,60-71,74,115-118H,7-33,38-50,52,90-92H2,1-6H3,(H2,93,122)(H,98,101)(H,102,119)(H,103,123)(H,104,132)(H,105,129)(H,106,131)(H,107,133)(H,108,130)(H,109,124)(H,110,126)(H,111,125)(H,112,134)(H,113,127)(H,114,128)(H,120,121)(H4,94,95,99)(H4,96,97,100)/t56-,60+,61+,62+,63+,64+,65+,66+,67+,68+,69+,70+,71+,74+/m1/s1. The Morgan fingerprint density at radius 3 is 1.13 bits per heavy atom. The number of phenols is 1. The molecule has 0 saturated heterocycles. The molecule has 14 amide bonds. The zero-order valence-corrected chi connectivity index (χ0v) is 80.2. The normalized spacial score (nSPS) is 14.4. The third kappa shape index (κ3) is 52.6. The van der Waals surface area contributed by atoms with Gasteiger partial charge >= 0.3 is 5.97 Å². The molecule has 0 aliphatic rings. The molecule has 0 unspecified atom stereocenters. The van der Waals surface area contributed by atoms with Gasteiger partial charge in [-0.1, -0.05) is 110 Å². The highest BCUT2D eigenvalue weighted by atomic mass is 32.2. The summed E-state index contributed by atoms with van der Waals surface area (Å²) in [6, 6.07) is -14.8. The van der Waals surface area contributed by atoms with Crippen molar-refractivity contribution in [2.45, 2.75) is 331 Å². The highest BCUT2D eigenvalue weighted by molar-refractivity contribution is 7.98. The lowest BCUT2D eigenvalue weighted by atomic mass is 10.0. The number of amides is 14. The molecule has 14 atom stereocenters. The number of aromatic amines is 1. The van der Waals surface area contributed by atoms with Crippen LogP contribution in [0.25, 0.3) is 0 Å². The number of aromatic nitrogens is 2. The summed E-state index contributed by atoms with van der Waals surface area (Å²) in [4.78, 5) is 219. The van der Waals surface area contributed by atoms with Crippen LogP contribution in [0.2, 0.25) is 0 Å². The molecule has 46 heteroatoms. The van der Waals surface area contributed by atoms with Crippen LogP contribution in [0.1, 0.15) is 245 Å². The van der Waals surface area contributed by atoms with Gasteiger partial charge in [-0.25, -0.2) is 4.98 Å². The maximum Gasteiger partial charge on any atom is 0.305 e. The molecular weight excluding hydrogens is 1770 g/mol. The maximum atomic E-state index is 14.8. The van der Waals surface area contributed by atoms with Crippen LogP contribution in [0.5, 0.6) is 5.75 Å². The van der Waals surface area contributed by atoms with Crippen molar-refractivity contribution in [3.05, 3.63) is 48.0 Å². The largest absolute Gasteiger partial charge is 0.508 e. The number of hydrogen-bond acceptors (Lipinski definition) is 26. The second-order valence-electron chi connectivity index (χ2n) is 34.8. The minimum atomic E-state index is -2.10. The minimum Gasteiger partial charge on any atom is -0.508 e. The first-order valence-electron chi connectivity index (χ1n) is 47.2. The van der Waals surface area contributed by atoms with Crippen LogP contribution in [0.3, 0.4) is 0 Å². The third-order valence-corrected chi connectivity index (χ3v) is 22.7. The zero-order valence-electron chi connectivity index (χ0n) is 79.4. The number of nitrogens with zero attached hydrogens (tertiary/aromatic N) is 1. The number of carbonyl (C=O) groups excluding carboxylic acids is 14. The molecule has 0 aliphatic heterocycles. The SMILES string of the molecule is CSCC[C@H](NC(=O)[C@H](CO)NC(=O)[C@H](CCCNC(=N)N)NC(=O)[C@H](CC(C)C)NC(=O)[C@H](CCCCN)NC(=O)[C@H](CCCCN)NC(=O)CCCCCCCCCCCCCCCO)C(=O)N[C@H](C(=O)N[C@@H](CC(=O)O)C(=O)N[C@@H](CCCCN)C(=O)N[C@@H](Cc1ccc(O)cc1)C(=O)N[C@@H](CCCNC(=N)N)C(=O)N[C@@H](CC(C)C)C(=O)N[C@@H](Cc1c[nH]cn1)C(N)=O)[C@@H](C)O. The van der Waals surface area contributed by atoms with Gasteiger partial charge in [0.2, 0.25) is 82.7 Å². The van der Waals surface area contributed by atoms with Gasteiger partial charge in [-0.05, 0) is 184 Å². The fourth-order valence-electron chi connectivity index (χ4n) is 14.5. The molecule has 1 aromatic carbocycles. The Morgan fingerprint density at radius 2 is 0.756 bits per heavy atom. The number of aliphatic hydroxyl groups excluding tert-OH is 3. The Morgan fingerprint density at radius 1 is 0.407 bits per heavy atom. The molecule has 0 spiro atoms. The number of carboxylic acids is 1. The number of nitrogens with two attached hydrogens (primary N) is 6. The first-order valence-corrected chi connectivity index (χ1v) is 48.6. The van der Waals surface area contributed by atoms with Gasteiger partial charge in [-0.2, -0.15) is 11.8 Å². The number of H-pyrrole nitrogens is 1. The lowest BCUT2D eigenvalue weighted by Crippen LogP contribution is -2.62. The third-order valence-electron chi connectivity index (χ3n) is 22.0. The number of thioether (sulfide) groups is 1. The van der Waals surface area contributed by atoms with Gasteiger partial charge in [0, 0.05) is 45.2 Å². The van der Waals surface area contributed by atoms with E-state index in [0.29, 0.717) is 49.9 Å². The van der Waals surface area contributed by atoms with Crippen molar-refractivity contribution >= 4 is 112 Å². The maximum absolute atomic E-state index is 14.8. The van der Waals surface area contributed by atoms with Crippen molar-refractivity contribution in [1.82, 2.24) is 89.7 Å². The molecule has 1 aromatic heterocycles. The first-order chi connectivity index (χ1) is 64.3. The summed E-state index contributed by atoms with van der Waals surface area (Å²) in [5, 5.41) is 105. The summed E-state index contributed by atoms with van der Waals surface area (Å²) < 4.78 is 0. The highest BCUT2D eigenvalue weighted by Gasteiger charge is 2.40. The molecule has 0 saturated carbocycles. The van der Waals surface area contributed by atoms with E-state index < -0.39 is 192 Å². The summed E-state index contributed by atoms with van der Waals surface area (Å²) in [6.07, 6.45) is 16.4. The molecule has 0 radical (unpaired) electrons. The number of carbonyl (C=O) groups is 15. The smallest absolute Gasteiger partial charge is 0.305 e. The minimum absolute atomic E-state index is 0.00193. The van der Waals surface area contributed by atoms with Gasteiger partial charge < -0.3 is 145 Å². The Balaban J connectivity index is 2.50. The Kier molecular flexibility index (Phi) is 62.0. The lowest BCUT2D eigenvalue weighted by Gasteiger charge is -2.29. The number of aliphatic carboxylic acids is 1. The number of hydrogen-bond donors (Lipinski definition) is 29. The molecule has 0 bridgehead atoms. The Hall–Kier alpha value is -11.1. The quantitative estimate of drug-likeness (QED) is 0.0189. The van der Waals surface area contributed by atoms with Crippen LogP contribution in [0.15, 0.2) is 36.8 Å². The average molecular weight is 1930 g/mol. The molecule has 0 fully saturated rings. The Labute approximate surface area is 795 Å². The molecule has 2 rings (SSSR count). The van der Waals surface area contributed by atoms with Crippen LogP contribution in [-0.2, 0) is 84.8 Å². The summed E-state index contributed by atoms with van der Waals surface area (Å²) >= 11 is 1.20. The number of aliphatic hydroxyl groups is 3. The van der Waals surface area contributed by atoms with Crippen molar-refractivity contribution in [1.29, 1.82) is 10.8 Å². The van der Waals surface area contributed by atoms with Crippen LogP contribution in [0, 0.1) is 22.7 Å². The van der Waals surface area contributed by atoms with E-state index in [1.165, 1.54) is 74.2 Å². The fourth-order valence-corrected chi connectivity index (χ4v) is 15.0. The van der Waals surface area contributed by atoms with Crippen LogP contribution < -0.4 is 114 Å². The van der Waals surface area contributed by atoms with Gasteiger partial charge in [0.25, 0.3) is 0 Å². The number of aromatic hydroxyl groups is 1. The molecule has 35 N–H and O–H groups in total. The zero-order chi connectivity index (χ0) is 101. The van der Waals surface area contributed by atoms with Gasteiger partial charge in [0.05, 0.1) is 31.2 Å². The van der Waals surface area contributed by atoms with Gasteiger partial charge in [-0.15, -0.1) is 0 Å². The van der Waals surface area contributed by atoms with Gasteiger partial charge in [0.15, 0.2) is 11.9 Å². The molecular formula is C89H157N25O20S. The van der Waals surface area contributed by atoms with Gasteiger partial charge in [0.1, 0.15) is 84.3 Å². The van der Waals surface area contributed by atoms with Crippen molar-refractivity contribution < 1.29 is 97.5 Å². The molecule has 45 nitrogen and oxygen atoms in total. The second kappa shape index (κ2) is 69.7. The fraction of sp³-hybridized carbons (Fsp3) is 0.708. The number of unbranched alkanes of at least 4 members (excludes halogenated alkanes) is 15. The topological polar surface area (TPSA) is 770 Å². The number of guanidine groups is 2. The van der Waals surface area contributed by atoms with E-state index in [9.17, 15) is 92.3 Å². The average Bonchev–Trinajstić information content (AvgIpc) is 1.08. The molecule has 135 heavy (non-hydrogen) atoms. The number of nitrogens with one attached hydrogen (secondary N) is 18. The first kappa shape index (κ1) is 120. The van der Waals surface area contributed by atoms with Crippen LogP contribution >= 0.6 is 11.8 Å². The number of phenolic OH excluding ortho intramolecular Hbond substituents is 1. The number of carboxylic acid groups (broad SMARTS) is 1. The summed E-state index contributed by atoms with van der Waals surface area (Å²) in [7, 11) is 0. The summed E-state index contributed by atoms with van der Waals surface area (Å²) in [5.41, 5.74) is 35.0. The van der Waals surface area contributed by atoms with E-state index in [1.807, 2.05) is 0 Å². The molecule has 2 aromatic rings. The lowest BCUT2D eigenvalue weighted by molar-refractivity contribution is -0.142. The molecule has 0 aliphatic carbocycles. The second-order valence-corrected chi connectivity index (χ2v) is 35.8. The van der Waals surface area contributed by atoms with Crippen LogP contribution in [0.4, 0.5) is 0 Å². The van der Waals surface area contributed by atoms with E-state index in [0.717, 1.165) is 58.3 Å². The van der Waals surface area contributed by atoms with Gasteiger partial charge in [-0.3, -0.25) is 82.7 Å². The number of benzene rings is 1. The number of rotatable bonds is 76. The predicted octanol–water partition coefficient (Wildman–Crippen LogP) is -2.25. The predicted molar refractivity (Wildman–Crippen MR) is 510 cm³/mol. The van der Waals surface area contributed by atoms with Crippen molar-refractivity contribution in [2.24, 2.45) is 46.2 Å². The van der Waals surface area contributed by atoms with E-state index in [1.54, 1.807) is 34.0 Å². The van der Waals surface area contributed by atoms with Crippen molar-refractivity contribution in [3.8, 4) is 5.75 Å². The number of imidazole rings is 1. The van der Waals surface area contributed by atoms with E-state index in [4.69, 9.17) is 50.3 Å². The van der Waals surface area contributed by atoms with E-state index in [-0.39, 0.29) is 158 Å². The summed E-state index contributed by atoms with van der Waals surface area (Å²) in [6.45, 7) is 7.91. The van der Waals surface area contributed by atoms with Crippen molar-refractivity contribution in [3.63, 3.8) is 0 Å². The monoisotopic (exact) mass is 1930 g/mol. The molecule has 764 valence electrons. The molecule has 1 heterocycles. The Bertz CT molecular complexity index is 3930. The number of primary amides is 1. The highest BCUT2D eigenvalue weighted by Crippen LogP contribution is 2.19.